The molecule has 0 spiro atoms. The summed E-state index contributed by atoms with van der Waals surface area (Å²) < 4.78 is 2.04. The summed E-state index contributed by atoms with van der Waals surface area (Å²) >= 11 is 1.43. The molecular weight excluding hydrogens is 360 g/mol. The fourth-order valence-corrected chi connectivity index (χ4v) is 3.61. The van der Waals surface area contributed by atoms with E-state index >= 15 is 0 Å². The highest BCUT2D eigenvalue weighted by Gasteiger charge is 2.22. The monoisotopic (exact) mass is 382 g/mol. The van der Waals surface area contributed by atoms with E-state index in [1.807, 2.05) is 18.5 Å². The largest absolute Gasteiger partial charge is 0.352 e. The van der Waals surface area contributed by atoms with Gasteiger partial charge in [-0.1, -0.05) is 0 Å². The summed E-state index contributed by atoms with van der Waals surface area (Å²) in [5.41, 5.74) is 0.607. The van der Waals surface area contributed by atoms with Gasteiger partial charge in [-0.25, -0.2) is 4.98 Å². The van der Waals surface area contributed by atoms with Crippen LogP contribution in [0.2, 0.25) is 0 Å². The molecule has 1 amide bonds. The van der Waals surface area contributed by atoms with Crippen molar-refractivity contribution in [2.75, 3.05) is 19.6 Å². The molecule has 1 aliphatic rings. The van der Waals surface area contributed by atoms with Crippen molar-refractivity contribution in [1.29, 1.82) is 0 Å². The maximum atomic E-state index is 11.9. The molecular formula is C16H23ClN6OS. The number of amides is 1. The van der Waals surface area contributed by atoms with Gasteiger partial charge in [-0.3, -0.25) is 4.79 Å². The SMILES string of the molecule is CCNC(=O)c1ccnc(Sc2nnc(C3CCNCC3)n2C)c1.Cl. The Morgan fingerprint density at radius 1 is 1.40 bits per heavy atom. The van der Waals surface area contributed by atoms with E-state index in [9.17, 15) is 4.79 Å². The molecule has 1 fully saturated rings. The van der Waals surface area contributed by atoms with Gasteiger partial charge in [0.1, 0.15) is 10.9 Å². The number of halogens is 1. The van der Waals surface area contributed by atoms with E-state index in [1.165, 1.54) is 11.8 Å². The van der Waals surface area contributed by atoms with Crippen molar-refractivity contribution in [2.24, 2.45) is 7.05 Å². The topological polar surface area (TPSA) is 84.7 Å². The number of aromatic nitrogens is 4. The molecule has 0 radical (unpaired) electrons. The fourth-order valence-electron chi connectivity index (χ4n) is 2.81. The van der Waals surface area contributed by atoms with Gasteiger partial charge >= 0.3 is 0 Å². The summed E-state index contributed by atoms with van der Waals surface area (Å²) in [6, 6.07) is 3.50. The summed E-state index contributed by atoms with van der Waals surface area (Å²) in [5, 5.41) is 16.4. The minimum absolute atomic E-state index is 0. The molecule has 7 nitrogen and oxygen atoms in total. The van der Waals surface area contributed by atoms with Crippen LogP contribution in [-0.4, -0.2) is 45.3 Å². The lowest BCUT2D eigenvalue weighted by molar-refractivity contribution is 0.0955. The summed E-state index contributed by atoms with van der Waals surface area (Å²) in [4.78, 5) is 16.3. The van der Waals surface area contributed by atoms with Crippen molar-refractivity contribution >= 4 is 30.1 Å². The molecule has 0 unspecified atom stereocenters. The summed E-state index contributed by atoms with van der Waals surface area (Å²) in [7, 11) is 1.99. The Labute approximate surface area is 157 Å². The highest BCUT2D eigenvalue weighted by Crippen LogP contribution is 2.29. The van der Waals surface area contributed by atoms with Crippen LogP contribution in [0.4, 0.5) is 0 Å². The minimum atomic E-state index is -0.0879. The van der Waals surface area contributed by atoms with Crippen LogP contribution >= 0.6 is 24.2 Å². The molecule has 0 aromatic carbocycles. The minimum Gasteiger partial charge on any atom is -0.352 e. The summed E-state index contributed by atoms with van der Waals surface area (Å²) in [5.74, 6) is 1.39. The van der Waals surface area contributed by atoms with Gasteiger partial charge in [0.15, 0.2) is 5.16 Å². The van der Waals surface area contributed by atoms with Gasteiger partial charge in [0, 0.05) is 31.3 Å². The van der Waals surface area contributed by atoms with Crippen LogP contribution in [0.5, 0.6) is 0 Å². The lowest BCUT2D eigenvalue weighted by atomic mass is 9.97. The van der Waals surface area contributed by atoms with Gasteiger partial charge in [-0.05, 0) is 56.7 Å². The molecule has 2 aromatic rings. The highest BCUT2D eigenvalue weighted by molar-refractivity contribution is 7.99. The van der Waals surface area contributed by atoms with E-state index < -0.39 is 0 Å². The van der Waals surface area contributed by atoms with Crippen molar-refractivity contribution in [3.05, 3.63) is 29.7 Å². The van der Waals surface area contributed by atoms with Gasteiger partial charge in [0.05, 0.1) is 0 Å². The molecule has 2 aromatic heterocycles. The second-order valence-corrected chi connectivity index (χ2v) is 6.76. The first-order valence-corrected chi connectivity index (χ1v) is 9.02. The number of piperidine rings is 1. The van der Waals surface area contributed by atoms with E-state index in [2.05, 4.69) is 25.8 Å². The fraction of sp³-hybridized carbons (Fsp3) is 0.500. The molecule has 0 saturated carbocycles. The molecule has 0 bridgehead atoms. The van der Waals surface area contributed by atoms with Gasteiger partial charge in [0.2, 0.25) is 0 Å². The number of carbonyl (C=O) groups excluding carboxylic acids is 1. The van der Waals surface area contributed by atoms with E-state index in [0.717, 1.165) is 41.9 Å². The maximum Gasteiger partial charge on any atom is 0.251 e. The summed E-state index contributed by atoms with van der Waals surface area (Å²) in [6.07, 6.45) is 3.82. The van der Waals surface area contributed by atoms with E-state index in [-0.39, 0.29) is 18.3 Å². The van der Waals surface area contributed by atoms with Crippen molar-refractivity contribution in [3.63, 3.8) is 0 Å². The molecule has 1 saturated heterocycles. The molecule has 0 aliphatic carbocycles. The Morgan fingerprint density at radius 3 is 2.88 bits per heavy atom. The van der Waals surface area contributed by atoms with Crippen molar-refractivity contribution in [1.82, 2.24) is 30.4 Å². The third kappa shape index (κ3) is 4.71. The zero-order chi connectivity index (χ0) is 16.9. The average Bonchev–Trinajstić information content (AvgIpc) is 2.97. The molecule has 3 heterocycles. The van der Waals surface area contributed by atoms with Gasteiger partial charge in [-0.2, -0.15) is 0 Å². The second kappa shape index (κ2) is 9.17. The van der Waals surface area contributed by atoms with E-state index in [0.29, 0.717) is 18.0 Å². The quantitative estimate of drug-likeness (QED) is 0.822. The average molecular weight is 383 g/mol. The second-order valence-electron chi connectivity index (χ2n) is 5.77. The molecule has 9 heteroatoms. The first-order valence-electron chi connectivity index (χ1n) is 8.21. The highest BCUT2D eigenvalue weighted by atomic mass is 35.5. The van der Waals surface area contributed by atoms with Crippen molar-refractivity contribution in [3.8, 4) is 0 Å². The van der Waals surface area contributed by atoms with Crippen LogP contribution in [0.15, 0.2) is 28.5 Å². The maximum absolute atomic E-state index is 11.9. The third-order valence-electron chi connectivity index (χ3n) is 4.10. The van der Waals surface area contributed by atoms with Crippen LogP contribution in [0.25, 0.3) is 0 Å². The van der Waals surface area contributed by atoms with Crippen molar-refractivity contribution in [2.45, 2.75) is 35.9 Å². The standard InChI is InChI=1S/C16H22N6OS.ClH/c1-3-18-15(23)12-6-9-19-13(10-12)24-16-21-20-14(22(16)2)11-4-7-17-8-5-11;/h6,9-11,17H,3-5,7-8H2,1-2H3,(H,18,23);1H. The lowest BCUT2D eigenvalue weighted by Crippen LogP contribution is -2.27. The van der Waals surface area contributed by atoms with Crippen LogP contribution in [0.3, 0.4) is 0 Å². The molecule has 0 atom stereocenters. The molecule has 136 valence electrons. The Morgan fingerprint density at radius 2 is 2.16 bits per heavy atom. The third-order valence-corrected chi connectivity index (χ3v) is 5.07. The predicted octanol–water partition coefficient (Wildman–Crippen LogP) is 2.00. The number of rotatable bonds is 5. The number of carbonyl (C=O) groups is 1. The molecule has 1 aliphatic heterocycles. The van der Waals surface area contributed by atoms with Crippen molar-refractivity contribution < 1.29 is 4.79 Å². The zero-order valence-corrected chi connectivity index (χ0v) is 16.0. The Balaban J connectivity index is 0.00000225. The Kier molecular flexibility index (Phi) is 7.22. The first kappa shape index (κ1) is 19.7. The molecule has 25 heavy (non-hydrogen) atoms. The molecule has 2 N–H and O–H groups in total. The Bertz CT molecular complexity index is 716. The van der Waals surface area contributed by atoms with E-state index in [1.54, 1.807) is 18.3 Å². The van der Waals surface area contributed by atoms with Gasteiger partial charge < -0.3 is 15.2 Å². The predicted molar refractivity (Wildman–Crippen MR) is 99.5 cm³/mol. The zero-order valence-electron chi connectivity index (χ0n) is 14.4. The van der Waals surface area contributed by atoms with Crippen LogP contribution < -0.4 is 10.6 Å². The van der Waals surface area contributed by atoms with E-state index in [4.69, 9.17) is 0 Å². The van der Waals surface area contributed by atoms with Crippen LogP contribution in [0, 0.1) is 0 Å². The number of hydrogen-bond acceptors (Lipinski definition) is 6. The Hall–Kier alpha value is -1.64. The van der Waals surface area contributed by atoms with Gasteiger partial charge in [0.25, 0.3) is 5.91 Å². The van der Waals surface area contributed by atoms with Gasteiger partial charge in [-0.15, -0.1) is 22.6 Å². The molecule has 3 rings (SSSR count). The number of hydrogen-bond donors (Lipinski definition) is 2. The number of pyridine rings is 1. The lowest BCUT2D eigenvalue weighted by Gasteiger charge is -2.21. The van der Waals surface area contributed by atoms with Crippen LogP contribution in [0.1, 0.15) is 41.9 Å². The number of nitrogens with one attached hydrogen (secondary N) is 2. The summed E-state index contributed by atoms with van der Waals surface area (Å²) in [6.45, 7) is 4.55. The van der Waals surface area contributed by atoms with Crippen LogP contribution in [-0.2, 0) is 7.05 Å². The number of nitrogens with zero attached hydrogens (tertiary/aromatic N) is 4. The normalized spacial score (nSPS) is 14.8. The first-order chi connectivity index (χ1) is 11.7. The smallest absolute Gasteiger partial charge is 0.251 e.